The Kier molecular flexibility index (Phi) is 6.29. The van der Waals surface area contributed by atoms with E-state index in [2.05, 4.69) is 15.3 Å². The number of methoxy groups -OCH3 is 1. The van der Waals surface area contributed by atoms with Crippen LogP contribution in [0.25, 0.3) is 10.4 Å². The quantitative estimate of drug-likeness (QED) is 0.269. The van der Waals surface area contributed by atoms with Gasteiger partial charge in [0, 0.05) is 11.5 Å². The summed E-state index contributed by atoms with van der Waals surface area (Å²) in [6.07, 6.45) is -3.73. The highest BCUT2D eigenvalue weighted by atomic mass is 19.4. The molecule has 0 radical (unpaired) electrons. The Labute approximate surface area is 120 Å². The third-order valence-electron chi connectivity index (χ3n) is 3.84. The van der Waals surface area contributed by atoms with Gasteiger partial charge in [0.15, 0.2) is 0 Å². The van der Waals surface area contributed by atoms with Gasteiger partial charge in [0.25, 0.3) is 0 Å². The van der Waals surface area contributed by atoms with Gasteiger partial charge in [0.2, 0.25) is 0 Å². The number of rotatable bonds is 6. The van der Waals surface area contributed by atoms with Crippen LogP contribution in [0, 0.1) is 5.92 Å². The Bertz CT molecular complexity index is 400. The van der Waals surface area contributed by atoms with E-state index in [4.69, 9.17) is 10.3 Å². The van der Waals surface area contributed by atoms with E-state index >= 15 is 0 Å². The summed E-state index contributed by atoms with van der Waals surface area (Å²) in [4.78, 5) is 14.5. The lowest BCUT2D eigenvalue weighted by molar-refractivity contribution is -0.188. The van der Waals surface area contributed by atoms with Crippen molar-refractivity contribution in [3.63, 3.8) is 0 Å². The molecule has 0 aromatic rings. The van der Waals surface area contributed by atoms with Crippen LogP contribution >= 0.6 is 0 Å². The first kappa shape index (κ1) is 17.6. The van der Waals surface area contributed by atoms with Crippen molar-refractivity contribution in [1.82, 2.24) is 5.32 Å². The van der Waals surface area contributed by atoms with E-state index in [1.54, 1.807) is 0 Å². The number of halogens is 3. The van der Waals surface area contributed by atoms with Gasteiger partial charge in [-0.15, -0.1) is 0 Å². The van der Waals surface area contributed by atoms with Crippen LogP contribution in [0.15, 0.2) is 5.11 Å². The lowest BCUT2D eigenvalue weighted by Gasteiger charge is -2.39. The molecule has 0 saturated heterocycles. The molecule has 0 unspecified atom stereocenters. The minimum atomic E-state index is -4.22. The standard InChI is InChI=1S/C12H19F3N4O2/c1-21-10(20)11(17-7-2-8-18-19-16)5-3-9(4-6-11)12(13,14)15/h9,17H,2-8H2,1H3. The highest BCUT2D eigenvalue weighted by Gasteiger charge is 2.49. The van der Waals surface area contributed by atoms with Gasteiger partial charge in [-0.1, -0.05) is 5.11 Å². The zero-order chi connectivity index (χ0) is 15.9. The topological polar surface area (TPSA) is 87.1 Å². The Morgan fingerprint density at radius 3 is 2.57 bits per heavy atom. The Morgan fingerprint density at radius 2 is 2.10 bits per heavy atom. The summed E-state index contributed by atoms with van der Waals surface area (Å²) in [5, 5.41) is 6.35. The lowest BCUT2D eigenvalue weighted by atomic mass is 9.76. The Hall–Kier alpha value is -1.47. The minimum Gasteiger partial charge on any atom is -0.468 e. The fourth-order valence-corrected chi connectivity index (χ4v) is 2.61. The largest absolute Gasteiger partial charge is 0.468 e. The molecule has 120 valence electrons. The maximum atomic E-state index is 12.7. The smallest absolute Gasteiger partial charge is 0.391 e. The van der Waals surface area contributed by atoms with Gasteiger partial charge in [-0.05, 0) is 44.2 Å². The Morgan fingerprint density at radius 1 is 1.48 bits per heavy atom. The zero-order valence-corrected chi connectivity index (χ0v) is 11.8. The van der Waals surface area contributed by atoms with E-state index in [1.165, 1.54) is 7.11 Å². The fourth-order valence-electron chi connectivity index (χ4n) is 2.61. The van der Waals surface area contributed by atoms with Crippen LogP contribution in [-0.2, 0) is 9.53 Å². The number of alkyl halides is 3. The van der Waals surface area contributed by atoms with Crippen molar-refractivity contribution in [3.8, 4) is 0 Å². The molecule has 1 aliphatic rings. The molecule has 0 aromatic carbocycles. The second-order valence-electron chi connectivity index (χ2n) is 5.12. The lowest BCUT2D eigenvalue weighted by Crippen LogP contribution is -2.56. The number of ether oxygens (including phenoxy) is 1. The second-order valence-corrected chi connectivity index (χ2v) is 5.12. The molecule has 6 nitrogen and oxygen atoms in total. The normalized spacial score (nSPS) is 26.0. The van der Waals surface area contributed by atoms with Crippen molar-refractivity contribution in [2.75, 3.05) is 20.2 Å². The minimum absolute atomic E-state index is 0.0887. The maximum absolute atomic E-state index is 12.7. The van der Waals surface area contributed by atoms with Gasteiger partial charge in [0.05, 0.1) is 13.0 Å². The average Bonchev–Trinajstić information content (AvgIpc) is 2.45. The molecule has 0 bridgehead atoms. The van der Waals surface area contributed by atoms with Crippen LogP contribution in [0.3, 0.4) is 0 Å². The summed E-state index contributed by atoms with van der Waals surface area (Å²) in [7, 11) is 1.22. The van der Waals surface area contributed by atoms with E-state index in [9.17, 15) is 18.0 Å². The Balaban J connectivity index is 2.61. The summed E-state index contributed by atoms with van der Waals surface area (Å²) in [5.41, 5.74) is 7.09. The molecule has 0 atom stereocenters. The third-order valence-corrected chi connectivity index (χ3v) is 3.84. The summed E-state index contributed by atoms with van der Waals surface area (Å²) in [6.45, 7) is 0.650. The number of nitrogens with one attached hydrogen (secondary N) is 1. The van der Waals surface area contributed by atoms with Crippen LogP contribution in [0.5, 0.6) is 0 Å². The van der Waals surface area contributed by atoms with E-state index in [1.807, 2.05) is 0 Å². The van der Waals surface area contributed by atoms with Crippen LogP contribution in [0.1, 0.15) is 32.1 Å². The molecule has 1 N–H and O–H groups in total. The summed E-state index contributed by atoms with van der Waals surface area (Å²) in [5.74, 6) is -1.90. The average molecular weight is 308 g/mol. The van der Waals surface area contributed by atoms with Crippen LogP contribution < -0.4 is 5.32 Å². The van der Waals surface area contributed by atoms with Crippen LogP contribution in [-0.4, -0.2) is 37.9 Å². The molecule has 9 heteroatoms. The van der Waals surface area contributed by atoms with Gasteiger partial charge >= 0.3 is 12.1 Å². The van der Waals surface area contributed by atoms with Gasteiger partial charge in [-0.3, -0.25) is 4.79 Å². The first-order valence-electron chi connectivity index (χ1n) is 6.77. The predicted molar refractivity (Wildman–Crippen MR) is 69.4 cm³/mol. The number of azide groups is 1. The van der Waals surface area contributed by atoms with E-state index in [-0.39, 0.29) is 32.2 Å². The number of hydrogen-bond acceptors (Lipinski definition) is 4. The van der Waals surface area contributed by atoms with E-state index < -0.39 is 23.6 Å². The van der Waals surface area contributed by atoms with Crippen molar-refractivity contribution in [1.29, 1.82) is 0 Å². The summed E-state index contributed by atoms with van der Waals surface area (Å²) < 4.78 is 42.8. The second kappa shape index (κ2) is 7.51. The molecule has 0 aromatic heterocycles. The monoisotopic (exact) mass is 308 g/mol. The van der Waals surface area contributed by atoms with Crippen molar-refractivity contribution < 1.29 is 22.7 Å². The molecule has 1 saturated carbocycles. The predicted octanol–water partition coefficient (Wildman–Crippen LogP) is 2.94. The van der Waals surface area contributed by atoms with Gasteiger partial charge in [0.1, 0.15) is 5.54 Å². The van der Waals surface area contributed by atoms with Crippen molar-refractivity contribution in [2.24, 2.45) is 11.0 Å². The molecule has 0 heterocycles. The first-order valence-corrected chi connectivity index (χ1v) is 6.77. The number of hydrogen-bond donors (Lipinski definition) is 1. The SMILES string of the molecule is COC(=O)C1(NCCCN=[N+]=[N-])CCC(C(F)(F)F)CC1. The number of esters is 1. The zero-order valence-electron chi connectivity index (χ0n) is 11.8. The van der Waals surface area contributed by atoms with Crippen molar-refractivity contribution in [2.45, 2.75) is 43.8 Å². The van der Waals surface area contributed by atoms with Crippen LogP contribution in [0.2, 0.25) is 0 Å². The molecular weight excluding hydrogens is 289 g/mol. The molecule has 1 aliphatic carbocycles. The molecular formula is C12H19F3N4O2. The molecule has 1 fully saturated rings. The highest BCUT2D eigenvalue weighted by Crippen LogP contribution is 2.41. The molecule has 0 aliphatic heterocycles. The highest BCUT2D eigenvalue weighted by molar-refractivity contribution is 5.80. The number of carbonyl (C=O) groups is 1. The molecule has 21 heavy (non-hydrogen) atoms. The van der Waals surface area contributed by atoms with E-state index in [0.717, 1.165) is 0 Å². The van der Waals surface area contributed by atoms with Crippen LogP contribution in [0.4, 0.5) is 13.2 Å². The fraction of sp³-hybridized carbons (Fsp3) is 0.917. The molecule has 0 spiro atoms. The first-order chi connectivity index (χ1) is 9.85. The number of nitrogens with zero attached hydrogens (tertiary/aromatic N) is 3. The summed E-state index contributed by atoms with van der Waals surface area (Å²) in [6, 6.07) is 0. The third kappa shape index (κ3) is 4.78. The number of carbonyl (C=O) groups excluding carboxylic acids is 1. The van der Waals surface area contributed by atoms with E-state index in [0.29, 0.717) is 13.0 Å². The van der Waals surface area contributed by atoms with Gasteiger partial charge < -0.3 is 10.1 Å². The summed E-state index contributed by atoms with van der Waals surface area (Å²) >= 11 is 0. The van der Waals surface area contributed by atoms with Crippen molar-refractivity contribution >= 4 is 5.97 Å². The molecule has 0 amide bonds. The maximum Gasteiger partial charge on any atom is 0.391 e. The van der Waals surface area contributed by atoms with Crippen molar-refractivity contribution in [3.05, 3.63) is 10.4 Å². The molecule has 1 rings (SSSR count). The van der Waals surface area contributed by atoms with Gasteiger partial charge in [-0.2, -0.15) is 13.2 Å². The van der Waals surface area contributed by atoms with Gasteiger partial charge in [-0.25, -0.2) is 0 Å².